The van der Waals surface area contributed by atoms with Crippen molar-refractivity contribution in [3.8, 4) is 5.69 Å². The smallest absolute Gasteiger partial charge is 0.358 e. The monoisotopic (exact) mass is 257 g/mol. The fourth-order valence-electron chi connectivity index (χ4n) is 1.15. The number of carbonyl (C=O) groups is 1. The maximum absolute atomic E-state index is 10.6. The van der Waals surface area contributed by atoms with Crippen molar-refractivity contribution >= 4 is 29.2 Å². The summed E-state index contributed by atoms with van der Waals surface area (Å²) in [5.74, 6) is -1.14. The Morgan fingerprint density at radius 3 is 2.69 bits per heavy atom. The molecule has 0 aliphatic carbocycles. The lowest BCUT2D eigenvalue weighted by molar-refractivity contribution is 0.0690. The molecule has 2 aromatic rings. The third kappa shape index (κ3) is 2.00. The van der Waals surface area contributed by atoms with Crippen LogP contribution in [0.4, 0.5) is 0 Å². The lowest BCUT2D eigenvalue weighted by Gasteiger charge is -2.02. The van der Waals surface area contributed by atoms with Crippen LogP contribution in [0.5, 0.6) is 0 Å². The molecule has 1 aromatic heterocycles. The van der Waals surface area contributed by atoms with E-state index in [1.54, 1.807) is 18.2 Å². The van der Waals surface area contributed by atoms with Gasteiger partial charge in [0.05, 0.1) is 16.9 Å². The predicted octanol–water partition coefficient (Wildman–Crippen LogP) is 2.27. The Hall–Kier alpha value is -1.59. The maximum atomic E-state index is 10.6. The van der Waals surface area contributed by atoms with E-state index in [-0.39, 0.29) is 5.69 Å². The molecular weight excluding hydrogens is 253 g/mol. The van der Waals surface area contributed by atoms with Gasteiger partial charge in [-0.2, -0.15) is 0 Å². The molecule has 0 atom stereocenters. The summed E-state index contributed by atoms with van der Waals surface area (Å²) in [5.41, 5.74) is 0.372. The molecule has 82 valence electrons. The van der Waals surface area contributed by atoms with E-state index in [1.807, 2.05) is 0 Å². The Morgan fingerprint density at radius 2 is 2.12 bits per heavy atom. The molecule has 0 bridgehead atoms. The number of rotatable bonds is 2. The fraction of sp³-hybridized carbons (Fsp3) is 0. The first-order valence-corrected chi connectivity index (χ1v) is 4.94. The van der Waals surface area contributed by atoms with Crippen LogP contribution in [0.3, 0.4) is 0 Å². The number of hydrogen-bond donors (Lipinski definition) is 1. The summed E-state index contributed by atoms with van der Waals surface area (Å²) in [6.07, 6.45) is 1.28. The zero-order valence-corrected chi connectivity index (χ0v) is 9.27. The minimum absolute atomic E-state index is 0.147. The van der Waals surface area contributed by atoms with E-state index in [1.165, 1.54) is 10.9 Å². The maximum Gasteiger partial charge on any atom is 0.358 e. The van der Waals surface area contributed by atoms with Gasteiger partial charge in [0.2, 0.25) is 0 Å². The number of aromatic carboxylic acids is 1. The normalized spacial score (nSPS) is 10.4. The molecule has 5 nitrogen and oxygen atoms in total. The zero-order valence-electron chi connectivity index (χ0n) is 7.76. The molecule has 0 amide bonds. The van der Waals surface area contributed by atoms with E-state index in [0.717, 1.165) is 0 Å². The number of halogens is 2. The van der Waals surface area contributed by atoms with Gasteiger partial charge < -0.3 is 5.11 Å². The van der Waals surface area contributed by atoms with E-state index < -0.39 is 5.97 Å². The van der Waals surface area contributed by atoms with Crippen LogP contribution in [0.2, 0.25) is 10.0 Å². The topological polar surface area (TPSA) is 68.0 Å². The van der Waals surface area contributed by atoms with E-state index in [9.17, 15) is 4.79 Å². The van der Waals surface area contributed by atoms with Crippen LogP contribution >= 0.6 is 23.2 Å². The summed E-state index contributed by atoms with van der Waals surface area (Å²) in [6, 6.07) is 4.80. The quantitative estimate of drug-likeness (QED) is 0.897. The molecule has 0 aliphatic rings. The van der Waals surface area contributed by atoms with Crippen LogP contribution in [-0.2, 0) is 0 Å². The Kier molecular flexibility index (Phi) is 2.80. The minimum atomic E-state index is -1.14. The molecule has 0 unspecified atom stereocenters. The summed E-state index contributed by atoms with van der Waals surface area (Å²) in [7, 11) is 0. The van der Waals surface area contributed by atoms with Crippen LogP contribution < -0.4 is 0 Å². The first-order valence-electron chi connectivity index (χ1n) is 4.19. The highest BCUT2D eigenvalue weighted by Gasteiger charge is 2.11. The average Bonchev–Trinajstić information content (AvgIpc) is 2.66. The van der Waals surface area contributed by atoms with Crippen LogP contribution in [0.1, 0.15) is 10.5 Å². The van der Waals surface area contributed by atoms with Gasteiger partial charge in [-0.1, -0.05) is 28.4 Å². The second-order valence-corrected chi connectivity index (χ2v) is 3.79. The SMILES string of the molecule is O=C(O)c1cn(-c2ccc(Cl)cc2Cl)nn1. The first kappa shape index (κ1) is 10.9. The standard InChI is InChI=1S/C9H5Cl2N3O2/c10-5-1-2-8(6(11)3-5)14-4-7(9(15)16)12-13-14/h1-4H,(H,15,16). The molecule has 0 fully saturated rings. The molecule has 1 N–H and O–H groups in total. The number of aromatic nitrogens is 3. The van der Waals surface area contributed by atoms with Crippen molar-refractivity contribution in [3.63, 3.8) is 0 Å². The largest absolute Gasteiger partial charge is 0.476 e. The van der Waals surface area contributed by atoms with E-state index in [4.69, 9.17) is 28.3 Å². The Bertz CT molecular complexity index is 553. The molecule has 16 heavy (non-hydrogen) atoms. The fourth-order valence-corrected chi connectivity index (χ4v) is 1.64. The lowest BCUT2D eigenvalue weighted by Crippen LogP contribution is -1.96. The highest BCUT2D eigenvalue weighted by atomic mass is 35.5. The molecule has 0 saturated heterocycles. The van der Waals surface area contributed by atoms with Crippen molar-refractivity contribution in [3.05, 3.63) is 40.1 Å². The summed E-state index contributed by atoms with van der Waals surface area (Å²) in [6.45, 7) is 0. The van der Waals surface area contributed by atoms with Crippen LogP contribution in [0.25, 0.3) is 5.69 Å². The van der Waals surface area contributed by atoms with Gasteiger partial charge in [0, 0.05) is 5.02 Å². The Balaban J connectivity index is 2.46. The van der Waals surface area contributed by atoms with E-state index >= 15 is 0 Å². The van der Waals surface area contributed by atoms with Gasteiger partial charge in [0.15, 0.2) is 5.69 Å². The van der Waals surface area contributed by atoms with Gasteiger partial charge in [-0.15, -0.1) is 5.10 Å². The van der Waals surface area contributed by atoms with Gasteiger partial charge in [-0.05, 0) is 18.2 Å². The highest BCUT2D eigenvalue weighted by molar-refractivity contribution is 6.35. The van der Waals surface area contributed by atoms with E-state index in [0.29, 0.717) is 15.7 Å². The van der Waals surface area contributed by atoms with Crippen molar-refractivity contribution in [2.24, 2.45) is 0 Å². The molecule has 0 aliphatic heterocycles. The molecule has 0 spiro atoms. The van der Waals surface area contributed by atoms with Gasteiger partial charge in [-0.3, -0.25) is 0 Å². The summed E-state index contributed by atoms with van der Waals surface area (Å²) >= 11 is 11.7. The average molecular weight is 258 g/mol. The third-order valence-electron chi connectivity index (χ3n) is 1.87. The molecule has 0 saturated carbocycles. The van der Waals surface area contributed by atoms with Gasteiger partial charge in [0.1, 0.15) is 0 Å². The van der Waals surface area contributed by atoms with Crippen LogP contribution in [-0.4, -0.2) is 26.1 Å². The van der Waals surface area contributed by atoms with Crippen molar-refractivity contribution in [1.82, 2.24) is 15.0 Å². The second-order valence-electron chi connectivity index (χ2n) is 2.95. The molecule has 0 radical (unpaired) electrons. The summed E-state index contributed by atoms with van der Waals surface area (Å²) in [4.78, 5) is 10.6. The summed E-state index contributed by atoms with van der Waals surface area (Å²) < 4.78 is 1.28. The predicted molar refractivity (Wildman–Crippen MR) is 58.3 cm³/mol. The van der Waals surface area contributed by atoms with Crippen molar-refractivity contribution in [2.45, 2.75) is 0 Å². The van der Waals surface area contributed by atoms with E-state index in [2.05, 4.69) is 10.3 Å². The molecule has 1 heterocycles. The molecule has 2 rings (SSSR count). The Morgan fingerprint density at radius 1 is 1.38 bits per heavy atom. The number of hydrogen-bond acceptors (Lipinski definition) is 3. The summed E-state index contributed by atoms with van der Waals surface area (Å²) in [5, 5.41) is 16.7. The molecule has 7 heteroatoms. The van der Waals surface area contributed by atoms with Crippen molar-refractivity contribution in [1.29, 1.82) is 0 Å². The highest BCUT2D eigenvalue weighted by Crippen LogP contribution is 2.23. The number of carboxylic acid groups (broad SMARTS) is 1. The number of benzene rings is 1. The van der Waals surface area contributed by atoms with Crippen LogP contribution in [0.15, 0.2) is 24.4 Å². The van der Waals surface area contributed by atoms with Crippen molar-refractivity contribution < 1.29 is 9.90 Å². The molecule has 1 aromatic carbocycles. The Labute approximate surface area is 100 Å². The number of carboxylic acids is 1. The minimum Gasteiger partial charge on any atom is -0.476 e. The van der Waals surface area contributed by atoms with Gasteiger partial charge >= 0.3 is 5.97 Å². The molecular formula is C9H5Cl2N3O2. The second kappa shape index (κ2) is 4.11. The first-order chi connectivity index (χ1) is 7.58. The van der Waals surface area contributed by atoms with Gasteiger partial charge in [0.25, 0.3) is 0 Å². The van der Waals surface area contributed by atoms with Gasteiger partial charge in [-0.25, -0.2) is 9.48 Å². The number of nitrogens with zero attached hydrogens (tertiary/aromatic N) is 3. The zero-order chi connectivity index (χ0) is 11.7. The van der Waals surface area contributed by atoms with Crippen molar-refractivity contribution in [2.75, 3.05) is 0 Å². The third-order valence-corrected chi connectivity index (χ3v) is 2.41. The lowest BCUT2D eigenvalue weighted by atomic mass is 10.3. The van der Waals surface area contributed by atoms with Crippen LogP contribution in [0, 0.1) is 0 Å².